The maximum atomic E-state index is 11.8. The van der Waals surface area contributed by atoms with Crippen LogP contribution < -0.4 is 11.4 Å². The van der Waals surface area contributed by atoms with Crippen LogP contribution in [0.2, 0.25) is 0 Å². The highest BCUT2D eigenvalue weighted by molar-refractivity contribution is 8.00. The predicted octanol–water partition coefficient (Wildman–Crippen LogP) is 3.95. The largest absolute Gasteiger partial charge is 0.423 e. The van der Waals surface area contributed by atoms with Gasteiger partial charge in [0.25, 0.3) is 0 Å². The van der Waals surface area contributed by atoms with Gasteiger partial charge in [0.1, 0.15) is 5.58 Å². The molecule has 0 aliphatic rings. The molecule has 0 spiro atoms. The molecule has 2 aromatic heterocycles. The summed E-state index contributed by atoms with van der Waals surface area (Å²) in [5, 5.41) is 9.22. The van der Waals surface area contributed by atoms with Crippen molar-refractivity contribution in [3.63, 3.8) is 0 Å². The van der Waals surface area contributed by atoms with Crippen LogP contribution in [0.15, 0.2) is 31.8 Å². The number of rotatable bonds is 4. The molecular weight excluding hydrogens is 330 g/mol. The molecule has 0 bridgehead atoms. The average molecular weight is 347 g/mol. The van der Waals surface area contributed by atoms with Crippen molar-refractivity contribution < 1.29 is 4.42 Å². The van der Waals surface area contributed by atoms with Crippen LogP contribution in [0.25, 0.3) is 11.0 Å². The zero-order valence-corrected chi connectivity index (χ0v) is 14.8. The molecule has 0 fully saturated rings. The Hall–Kier alpha value is -1.86. The second-order valence-corrected chi connectivity index (χ2v) is 7.88. The average Bonchev–Trinajstić information content (AvgIpc) is 2.89. The van der Waals surface area contributed by atoms with Gasteiger partial charge in [0.2, 0.25) is 5.13 Å². The zero-order chi connectivity index (χ0) is 16.6. The molecule has 23 heavy (non-hydrogen) atoms. The molecule has 0 saturated heterocycles. The van der Waals surface area contributed by atoms with Crippen molar-refractivity contribution in [1.29, 1.82) is 0 Å². The second kappa shape index (κ2) is 6.33. The molecule has 120 valence electrons. The summed E-state index contributed by atoms with van der Waals surface area (Å²) in [6.45, 7) is 6.36. The first-order valence-corrected chi connectivity index (χ1v) is 9.03. The summed E-state index contributed by atoms with van der Waals surface area (Å²) in [5.41, 5.74) is 9.24. The van der Waals surface area contributed by atoms with E-state index in [2.05, 4.69) is 30.1 Å². The number of thioether (sulfide) groups is 1. The first-order chi connectivity index (χ1) is 10.9. The van der Waals surface area contributed by atoms with E-state index in [9.17, 15) is 4.79 Å². The van der Waals surface area contributed by atoms with E-state index in [4.69, 9.17) is 10.2 Å². The highest BCUT2D eigenvalue weighted by atomic mass is 32.2. The van der Waals surface area contributed by atoms with Crippen LogP contribution in [0.5, 0.6) is 0 Å². The third-order valence-corrected chi connectivity index (χ3v) is 5.55. The van der Waals surface area contributed by atoms with Crippen LogP contribution in [0, 0.1) is 6.92 Å². The lowest BCUT2D eigenvalue weighted by atomic mass is 9.95. The van der Waals surface area contributed by atoms with Crippen molar-refractivity contribution in [3.8, 4) is 0 Å². The highest BCUT2D eigenvalue weighted by Gasteiger charge is 2.12. The summed E-state index contributed by atoms with van der Waals surface area (Å²) in [7, 11) is 0. The number of hydrogen-bond donors (Lipinski definition) is 1. The SMILES string of the molecule is Cc1cc2oc(=O)cc(CSc3nnc(N)s3)c2cc1C(C)C. The molecule has 1 aromatic carbocycles. The quantitative estimate of drug-likeness (QED) is 0.568. The second-order valence-electron chi connectivity index (χ2n) is 5.65. The minimum Gasteiger partial charge on any atom is -0.423 e. The fraction of sp³-hybridized carbons (Fsp3) is 0.312. The van der Waals surface area contributed by atoms with Gasteiger partial charge < -0.3 is 10.2 Å². The molecule has 2 heterocycles. The van der Waals surface area contributed by atoms with Gasteiger partial charge in [-0.2, -0.15) is 0 Å². The van der Waals surface area contributed by atoms with Crippen molar-refractivity contribution in [2.75, 3.05) is 5.73 Å². The molecule has 5 nitrogen and oxygen atoms in total. The normalized spacial score (nSPS) is 11.5. The Bertz CT molecular complexity index is 915. The summed E-state index contributed by atoms with van der Waals surface area (Å²) in [6.07, 6.45) is 0. The summed E-state index contributed by atoms with van der Waals surface area (Å²) in [5.74, 6) is 1.03. The zero-order valence-electron chi connectivity index (χ0n) is 13.1. The molecule has 3 aromatic rings. The summed E-state index contributed by atoms with van der Waals surface area (Å²) < 4.78 is 6.16. The van der Waals surface area contributed by atoms with Crippen molar-refractivity contribution >= 4 is 39.2 Å². The number of hydrogen-bond acceptors (Lipinski definition) is 7. The molecule has 3 rings (SSSR count). The van der Waals surface area contributed by atoms with E-state index in [1.807, 2.05) is 13.0 Å². The number of nitrogens with zero attached hydrogens (tertiary/aromatic N) is 2. The number of aromatic nitrogens is 2. The number of nitrogens with two attached hydrogens (primary N) is 1. The van der Waals surface area contributed by atoms with Gasteiger partial charge in [-0.25, -0.2) is 4.79 Å². The molecule has 0 unspecified atom stereocenters. The Balaban J connectivity index is 2.03. The Labute approximate surface area is 141 Å². The van der Waals surface area contributed by atoms with Gasteiger partial charge >= 0.3 is 5.63 Å². The molecule has 0 aliphatic carbocycles. The van der Waals surface area contributed by atoms with Crippen molar-refractivity contribution in [2.45, 2.75) is 36.8 Å². The number of benzene rings is 1. The van der Waals surface area contributed by atoms with E-state index in [0.717, 1.165) is 20.9 Å². The molecule has 0 radical (unpaired) electrons. The molecular formula is C16H17N3O2S2. The maximum absolute atomic E-state index is 11.8. The van der Waals surface area contributed by atoms with Crippen LogP contribution in [-0.4, -0.2) is 10.2 Å². The van der Waals surface area contributed by atoms with E-state index < -0.39 is 0 Å². The number of fused-ring (bicyclic) bond motifs is 1. The predicted molar refractivity (Wildman–Crippen MR) is 95.2 cm³/mol. The Kier molecular flexibility index (Phi) is 4.41. The van der Waals surface area contributed by atoms with Crippen molar-refractivity contribution in [3.05, 3.63) is 45.3 Å². The van der Waals surface area contributed by atoms with Gasteiger partial charge in [0, 0.05) is 17.2 Å². The smallest absolute Gasteiger partial charge is 0.336 e. The van der Waals surface area contributed by atoms with Gasteiger partial charge in [-0.15, -0.1) is 10.2 Å². The first kappa shape index (κ1) is 16.0. The number of anilines is 1. The third kappa shape index (κ3) is 3.40. The van der Waals surface area contributed by atoms with Gasteiger partial charge in [-0.1, -0.05) is 36.9 Å². The van der Waals surface area contributed by atoms with E-state index in [1.165, 1.54) is 28.7 Å². The number of aryl methyl sites for hydroxylation is 1. The molecule has 7 heteroatoms. The van der Waals surface area contributed by atoms with Crippen molar-refractivity contribution in [1.82, 2.24) is 10.2 Å². The van der Waals surface area contributed by atoms with Gasteiger partial charge in [-0.3, -0.25) is 0 Å². The van der Waals surface area contributed by atoms with E-state index in [-0.39, 0.29) is 5.63 Å². The first-order valence-electron chi connectivity index (χ1n) is 7.23. The fourth-order valence-electron chi connectivity index (χ4n) is 2.55. The minimum absolute atomic E-state index is 0.332. The van der Waals surface area contributed by atoms with Gasteiger partial charge in [0.05, 0.1) is 0 Å². The van der Waals surface area contributed by atoms with Crippen LogP contribution in [0.4, 0.5) is 5.13 Å². The standard InChI is InChI=1S/C16H17N3O2S2/c1-8(2)11-6-12-10(7-22-16-19-18-15(17)23-16)5-14(20)21-13(12)4-9(11)3/h4-6,8H,7H2,1-3H3,(H2,17,18). The van der Waals surface area contributed by atoms with E-state index >= 15 is 0 Å². The van der Waals surface area contributed by atoms with Crippen molar-refractivity contribution in [2.24, 2.45) is 0 Å². The van der Waals surface area contributed by atoms with Crippen LogP contribution in [0.1, 0.15) is 36.5 Å². The van der Waals surface area contributed by atoms with E-state index in [0.29, 0.717) is 22.4 Å². The maximum Gasteiger partial charge on any atom is 0.336 e. The lowest BCUT2D eigenvalue weighted by molar-refractivity contribution is 0.559. The molecule has 0 amide bonds. The van der Waals surface area contributed by atoms with Crippen LogP contribution in [0.3, 0.4) is 0 Å². The minimum atomic E-state index is -0.332. The van der Waals surface area contributed by atoms with Crippen LogP contribution >= 0.6 is 23.1 Å². The summed E-state index contributed by atoms with van der Waals surface area (Å²) in [4.78, 5) is 11.8. The Morgan fingerprint density at radius 1 is 1.30 bits per heavy atom. The topological polar surface area (TPSA) is 82.0 Å². The Morgan fingerprint density at radius 3 is 2.74 bits per heavy atom. The lowest BCUT2D eigenvalue weighted by Gasteiger charge is -2.12. The summed E-state index contributed by atoms with van der Waals surface area (Å²) in [6, 6.07) is 5.63. The van der Waals surface area contributed by atoms with Crippen LogP contribution in [-0.2, 0) is 5.75 Å². The molecule has 0 aliphatic heterocycles. The highest BCUT2D eigenvalue weighted by Crippen LogP contribution is 2.31. The van der Waals surface area contributed by atoms with Gasteiger partial charge in [-0.05, 0) is 41.7 Å². The van der Waals surface area contributed by atoms with Gasteiger partial charge in [0.15, 0.2) is 4.34 Å². The molecule has 0 atom stereocenters. The molecule has 2 N–H and O–H groups in total. The lowest BCUT2D eigenvalue weighted by Crippen LogP contribution is -2.02. The monoisotopic (exact) mass is 347 g/mol. The Morgan fingerprint density at radius 2 is 2.09 bits per heavy atom. The number of nitrogen functional groups attached to an aromatic ring is 1. The fourth-order valence-corrected chi connectivity index (χ4v) is 4.18. The third-order valence-electron chi connectivity index (χ3n) is 3.61. The molecule has 0 saturated carbocycles. The van der Waals surface area contributed by atoms with E-state index in [1.54, 1.807) is 6.07 Å². The summed E-state index contributed by atoms with van der Waals surface area (Å²) >= 11 is 2.86.